The van der Waals surface area contributed by atoms with Crippen LogP contribution in [-0.2, 0) is 16.1 Å². The number of hydrogen-bond donors (Lipinski definition) is 2. The minimum absolute atomic E-state index is 0.0313. The molecule has 1 fully saturated rings. The molecule has 1 aromatic carbocycles. The van der Waals surface area contributed by atoms with Gasteiger partial charge in [0.25, 0.3) is 0 Å². The average Bonchev–Trinajstić information content (AvgIpc) is 2.84. The number of hydrogen-bond acceptors (Lipinski definition) is 3. The van der Waals surface area contributed by atoms with E-state index in [-0.39, 0.29) is 23.5 Å². The normalized spacial score (nSPS) is 15.9. The first-order valence-corrected chi connectivity index (χ1v) is 8.60. The van der Waals surface area contributed by atoms with Crippen LogP contribution in [-0.4, -0.2) is 17.9 Å². The summed E-state index contributed by atoms with van der Waals surface area (Å²) in [5.41, 5.74) is 0. The molecule has 0 bridgehead atoms. The average molecular weight is 334 g/mol. The van der Waals surface area contributed by atoms with Gasteiger partial charge in [-0.05, 0) is 49.4 Å². The summed E-state index contributed by atoms with van der Waals surface area (Å²) in [6, 6.07) is 5.98. The molecule has 2 amide bonds. The summed E-state index contributed by atoms with van der Waals surface area (Å²) >= 11 is 1.52. The molecule has 23 heavy (non-hydrogen) atoms. The maximum atomic E-state index is 13.2. The number of amides is 2. The number of fused-ring (bicyclic) bond motifs is 1. The Morgan fingerprint density at radius 1 is 1.35 bits per heavy atom. The van der Waals surface area contributed by atoms with Gasteiger partial charge in [-0.3, -0.25) is 9.59 Å². The predicted octanol–water partition coefficient (Wildman–Crippen LogP) is 2.96. The lowest BCUT2D eigenvalue weighted by Crippen LogP contribution is -2.47. The quantitative estimate of drug-likeness (QED) is 0.883. The SMILES string of the molecule is C[C@H](NC(=O)C1CCC1)C(=O)NCc1cc2cc(F)ccc2s1. The van der Waals surface area contributed by atoms with Gasteiger partial charge in [-0.2, -0.15) is 0 Å². The van der Waals surface area contributed by atoms with E-state index in [2.05, 4.69) is 10.6 Å². The number of thiophene rings is 1. The summed E-state index contributed by atoms with van der Waals surface area (Å²) in [6.45, 7) is 2.07. The zero-order valence-electron chi connectivity index (χ0n) is 12.9. The van der Waals surface area contributed by atoms with Gasteiger partial charge in [-0.25, -0.2) is 4.39 Å². The molecule has 1 aliphatic rings. The minimum atomic E-state index is -0.546. The van der Waals surface area contributed by atoms with Crippen LogP contribution in [0.1, 0.15) is 31.1 Å². The van der Waals surface area contributed by atoms with E-state index in [4.69, 9.17) is 0 Å². The number of carbonyl (C=O) groups is 2. The third kappa shape index (κ3) is 3.69. The first kappa shape index (κ1) is 15.9. The van der Waals surface area contributed by atoms with Crippen molar-refractivity contribution < 1.29 is 14.0 Å². The Morgan fingerprint density at radius 2 is 2.13 bits per heavy atom. The standard InChI is InChI=1S/C17H19FN2O2S/c1-10(20-17(22)11-3-2-4-11)16(21)19-9-14-8-12-7-13(18)5-6-15(12)23-14/h5-8,10-11H,2-4,9H2,1H3,(H,19,21)(H,20,22)/t10-/m0/s1. The fraction of sp³-hybridized carbons (Fsp3) is 0.412. The molecule has 0 saturated heterocycles. The number of rotatable bonds is 5. The Kier molecular flexibility index (Phi) is 4.61. The maximum Gasteiger partial charge on any atom is 0.242 e. The molecule has 0 spiro atoms. The smallest absolute Gasteiger partial charge is 0.242 e. The number of nitrogens with one attached hydrogen (secondary N) is 2. The largest absolute Gasteiger partial charge is 0.349 e. The number of carbonyl (C=O) groups excluding carboxylic acids is 2. The zero-order chi connectivity index (χ0) is 16.4. The fourth-order valence-corrected chi connectivity index (χ4v) is 3.54. The van der Waals surface area contributed by atoms with Gasteiger partial charge in [0.05, 0.1) is 6.54 Å². The second kappa shape index (κ2) is 6.66. The zero-order valence-corrected chi connectivity index (χ0v) is 13.7. The Bertz CT molecular complexity index is 739. The van der Waals surface area contributed by atoms with E-state index in [0.29, 0.717) is 6.54 Å². The van der Waals surface area contributed by atoms with Crippen molar-refractivity contribution in [3.8, 4) is 0 Å². The Hall–Kier alpha value is -1.95. The molecule has 6 heteroatoms. The number of halogens is 1. The molecule has 4 nitrogen and oxygen atoms in total. The predicted molar refractivity (Wildman–Crippen MR) is 88.6 cm³/mol. The van der Waals surface area contributed by atoms with Gasteiger partial charge in [0.15, 0.2) is 0 Å². The van der Waals surface area contributed by atoms with Crippen LogP contribution in [0.2, 0.25) is 0 Å². The van der Waals surface area contributed by atoms with Crippen molar-refractivity contribution in [3.63, 3.8) is 0 Å². The third-order valence-electron chi connectivity index (χ3n) is 4.19. The van der Waals surface area contributed by atoms with Crippen molar-refractivity contribution in [1.82, 2.24) is 10.6 Å². The molecular formula is C17H19FN2O2S. The van der Waals surface area contributed by atoms with Gasteiger partial charge in [-0.15, -0.1) is 11.3 Å². The highest BCUT2D eigenvalue weighted by atomic mass is 32.1. The van der Waals surface area contributed by atoms with Crippen molar-refractivity contribution in [3.05, 3.63) is 35.0 Å². The first-order chi connectivity index (χ1) is 11.0. The second-order valence-corrected chi connectivity index (χ2v) is 7.14. The van der Waals surface area contributed by atoms with Crippen LogP contribution in [0.4, 0.5) is 4.39 Å². The van der Waals surface area contributed by atoms with Crippen LogP contribution in [0.5, 0.6) is 0 Å². The van der Waals surface area contributed by atoms with Gasteiger partial charge in [0.1, 0.15) is 11.9 Å². The van der Waals surface area contributed by atoms with E-state index in [1.54, 1.807) is 13.0 Å². The summed E-state index contributed by atoms with van der Waals surface area (Å²) in [5.74, 6) is -0.432. The van der Waals surface area contributed by atoms with E-state index in [0.717, 1.165) is 34.2 Å². The van der Waals surface area contributed by atoms with Gasteiger partial charge in [0, 0.05) is 15.5 Å². The van der Waals surface area contributed by atoms with Crippen LogP contribution in [0.15, 0.2) is 24.3 Å². The van der Waals surface area contributed by atoms with Gasteiger partial charge in [0.2, 0.25) is 11.8 Å². The van der Waals surface area contributed by atoms with E-state index >= 15 is 0 Å². The topological polar surface area (TPSA) is 58.2 Å². The van der Waals surface area contributed by atoms with Crippen molar-refractivity contribution in [2.75, 3.05) is 0 Å². The van der Waals surface area contributed by atoms with Crippen LogP contribution in [0.25, 0.3) is 10.1 Å². The van der Waals surface area contributed by atoms with E-state index in [1.807, 2.05) is 6.07 Å². The molecular weight excluding hydrogens is 315 g/mol. The highest BCUT2D eigenvalue weighted by molar-refractivity contribution is 7.19. The molecule has 0 radical (unpaired) electrons. The molecule has 1 aliphatic carbocycles. The Balaban J connectivity index is 1.53. The molecule has 1 saturated carbocycles. The van der Waals surface area contributed by atoms with Crippen molar-refractivity contribution in [2.24, 2.45) is 5.92 Å². The second-order valence-electron chi connectivity index (χ2n) is 5.97. The lowest BCUT2D eigenvalue weighted by Gasteiger charge is -2.25. The first-order valence-electron chi connectivity index (χ1n) is 7.79. The summed E-state index contributed by atoms with van der Waals surface area (Å²) in [6.07, 6.45) is 2.92. The van der Waals surface area contributed by atoms with Crippen molar-refractivity contribution >= 4 is 33.2 Å². The molecule has 2 N–H and O–H groups in total. The van der Waals surface area contributed by atoms with E-state index < -0.39 is 6.04 Å². The van der Waals surface area contributed by atoms with Gasteiger partial charge < -0.3 is 10.6 Å². The van der Waals surface area contributed by atoms with Crippen LogP contribution < -0.4 is 10.6 Å². The van der Waals surface area contributed by atoms with Crippen LogP contribution >= 0.6 is 11.3 Å². The summed E-state index contributed by atoms with van der Waals surface area (Å²) in [7, 11) is 0. The highest BCUT2D eigenvalue weighted by Crippen LogP contribution is 2.27. The molecule has 122 valence electrons. The van der Waals surface area contributed by atoms with Gasteiger partial charge in [-0.1, -0.05) is 6.42 Å². The van der Waals surface area contributed by atoms with E-state index in [1.165, 1.54) is 23.5 Å². The summed E-state index contributed by atoms with van der Waals surface area (Å²) in [5, 5.41) is 6.41. The molecule has 2 aromatic rings. The van der Waals surface area contributed by atoms with Gasteiger partial charge >= 0.3 is 0 Å². The third-order valence-corrected chi connectivity index (χ3v) is 5.31. The number of benzene rings is 1. The molecule has 3 rings (SSSR count). The molecule has 1 atom stereocenters. The molecule has 0 unspecified atom stereocenters. The Labute approximate surface area is 138 Å². The lowest BCUT2D eigenvalue weighted by molar-refractivity contribution is -0.132. The Morgan fingerprint density at radius 3 is 2.83 bits per heavy atom. The van der Waals surface area contributed by atoms with E-state index in [9.17, 15) is 14.0 Å². The van der Waals surface area contributed by atoms with Crippen molar-refractivity contribution in [2.45, 2.75) is 38.8 Å². The fourth-order valence-electron chi connectivity index (χ4n) is 2.55. The lowest BCUT2D eigenvalue weighted by atomic mass is 9.84. The highest BCUT2D eigenvalue weighted by Gasteiger charge is 2.27. The molecule has 1 heterocycles. The summed E-state index contributed by atoms with van der Waals surface area (Å²) in [4.78, 5) is 24.9. The van der Waals surface area contributed by atoms with Crippen LogP contribution in [0.3, 0.4) is 0 Å². The maximum absolute atomic E-state index is 13.2. The summed E-state index contributed by atoms with van der Waals surface area (Å²) < 4.78 is 14.2. The molecule has 1 aromatic heterocycles. The van der Waals surface area contributed by atoms with Crippen molar-refractivity contribution in [1.29, 1.82) is 0 Å². The van der Waals surface area contributed by atoms with Crippen LogP contribution in [0, 0.1) is 11.7 Å². The minimum Gasteiger partial charge on any atom is -0.349 e. The monoisotopic (exact) mass is 334 g/mol. The molecule has 0 aliphatic heterocycles.